The Labute approximate surface area is 178 Å². The number of aryl methyl sites for hydroxylation is 1. The van der Waals surface area contributed by atoms with Gasteiger partial charge in [0.25, 0.3) is 5.91 Å². The van der Waals surface area contributed by atoms with Gasteiger partial charge in [0, 0.05) is 23.9 Å². The Kier molecular flexibility index (Phi) is 5.37. The molecule has 0 bridgehead atoms. The lowest BCUT2D eigenvalue weighted by molar-refractivity contribution is 0.0677. The van der Waals surface area contributed by atoms with Crippen LogP contribution >= 0.6 is 0 Å². The van der Waals surface area contributed by atoms with E-state index in [1.807, 2.05) is 19.9 Å². The quantitative estimate of drug-likeness (QED) is 0.649. The molecular weight excluding hydrogens is 401 g/mol. The summed E-state index contributed by atoms with van der Waals surface area (Å²) in [7, 11) is 0. The molecule has 158 valence electrons. The van der Waals surface area contributed by atoms with Crippen molar-refractivity contribution in [3.8, 4) is 5.75 Å². The Hall–Kier alpha value is -3.81. The topological polar surface area (TPSA) is 92.6 Å². The first-order valence-electron chi connectivity index (χ1n) is 9.71. The lowest BCUT2D eigenvalue weighted by Gasteiger charge is -2.24. The molecule has 0 radical (unpaired) electrons. The summed E-state index contributed by atoms with van der Waals surface area (Å²) >= 11 is 0. The van der Waals surface area contributed by atoms with Gasteiger partial charge in [-0.3, -0.25) is 9.78 Å². The average molecular weight is 421 g/mol. The summed E-state index contributed by atoms with van der Waals surface area (Å²) in [6.45, 7) is 4.17. The van der Waals surface area contributed by atoms with E-state index in [9.17, 15) is 19.1 Å². The third kappa shape index (κ3) is 3.96. The number of carbonyl (C=O) groups is 2. The first-order valence-corrected chi connectivity index (χ1v) is 9.71. The van der Waals surface area contributed by atoms with Crippen LogP contribution in [-0.2, 0) is 13.2 Å². The number of nitrogens with zero attached hydrogens (tertiary/aromatic N) is 3. The predicted molar refractivity (Wildman–Crippen MR) is 109 cm³/mol. The van der Waals surface area contributed by atoms with Crippen LogP contribution in [0.2, 0.25) is 0 Å². The zero-order valence-corrected chi connectivity index (χ0v) is 17.0. The highest BCUT2D eigenvalue weighted by Crippen LogP contribution is 2.32. The number of benzene rings is 1. The number of hydrogen-bond acceptors (Lipinski definition) is 5. The second-order valence-electron chi connectivity index (χ2n) is 7.39. The highest BCUT2D eigenvalue weighted by atomic mass is 19.1. The normalized spacial score (nSPS) is 13.8. The molecular formula is C23H20FN3O4. The van der Waals surface area contributed by atoms with Gasteiger partial charge in [0.2, 0.25) is 0 Å². The number of fused-ring (bicyclic) bond motifs is 1. The third-order valence-corrected chi connectivity index (χ3v) is 5.37. The molecule has 1 aromatic carbocycles. The summed E-state index contributed by atoms with van der Waals surface area (Å²) in [5, 5.41) is 9.35. The zero-order valence-electron chi connectivity index (χ0n) is 17.0. The zero-order chi connectivity index (χ0) is 22.1. The van der Waals surface area contributed by atoms with Crippen LogP contribution in [-0.4, -0.2) is 31.9 Å². The predicted octanol–water partition coefficient (Wildman–Crippen LogP) is 3.92. The van der Waals surface area contributed by atoms with Gasteiger partial charge in [-0.2, -0.15) is 0 Å². The van der Waals surface area contributed by atoms with Crippen LogP contribution in [0.3, 0.4) is 0 Å². The van der Waals surface area contributed by atoms with Crippen molar-refractivity contribution in [3.63, 3.8) is 0 Å². The van der Waals surface area contributed by atoms with E-state index in [0.29, 0.717) is 22.6 Å². The number of aromatic nitrogens is 2. The lowest BCUT2D eigenvalue weighted by Crippen LogP contribution is -2.28. The van der Waals surface area contributed by atoms with Crippen molar-refractivity contribution < 1.29 is 23.8 Å². The van der Waals surface area contributed by atoms with Crippen molar-refractivity contribution in [1.82, 2.24) is 14.9 Å². The van der Waals surface area contributed by atoms with E-state index in [-0.39, 0.29) is 36.6 Å². The molecule has 3 aromatic rings. The maximum atomic E-state index is 13.0. The molecule has 1 aliphatic heterocycles. The standard InChI is InChI=1S/C23H20FN3O4/c1-13-9-19(26-10-20(13)31-12-15-3-5-16(24)6-4-15)14(2)27-11-18-17(22(27)28)7-8-25-21(18)23(29)30/h3-10,14H,11-12H2,1-2H3,(H,29,30). The fourth-order valence-electron chi connectivity index (χ4n) is 3.59. The van der Waals surface area contributed by atoms with E-state index < -0.39 is 5.97 Å². The van der Waals surface area contributed by atoms with E-state index in [1.165, 1.54) is 18.3 Å². The molecule has 2 aromatic heterocycles. The number of carboxylic acid groups (broad SMARTS) is 1. The van der Waals surface area contributed by atoms with E-state index in [1.54, 1.807) is 29.3 Å². The molecule has 1 unspecified atom stereocenters. The van der Waals surface area contributed by atoms with E-state index in [0.717, 1.165) is 11.1 Å². The number of rotatable bonds is 6. The Morgan fingerprint density at radius 3 is 2.68 bits per heavy atom. The van der Waals surface area contributed by atoms with Gasteiger partial charge in [-0.1, -0.05) is 12.1 Å². The van der Waals surface area contributed by atoms with Gasteiger partial charge in [-0.15, -0.1) is 0 Å². The monoisotopic (exact) mass is 421 g/mol. The van der Waals surface area contributed by atoms with Crippen LogP contribution in [0.25, 0.3) is 0 Å². The molecule has 4 rings (SSSR count). The molecule has 0 saturated carbocycles. The minimum absolute atomic E-state index is 0.103. The Morgan fingerprint density at radius 1 is 1.26 bits per heavy atom. The molecule has 1 amide bonds. The maximum Gasteiger partial charge on any atom is 0.354 e. The average Bonchev–Trinajstić information content (AvgIpc) is 3.10. The van der Waals surface area contributed by atoms with Crippen molar-refractivity contribution in [2.24, 2.45) is 0 Å². The molecule has 7 nitrogen and oxygen atoms in total. The number of aromatic carboxylic acids is 1. The van der Waals surface area contributed by atoms with Crippen molar-refractivity contribution in [2.75, 3.05) is 0 Å². The molecule has 0 aliphatic carbocycles. The summed E-state index contributed by atoms with van der Waals surface area (Å²) < 4.78 is 18.8. The number of hydrogen-bond donors (Lipinski definition) is 1. The van der Waals surface area contributed by atoms with Gasteiger partial charge < -0.3 is 14.7 Å². The highest BCUT2D eigenvalue weighted by Gasteiger charge is 2.35. The number of carboxylic acids is 1. The summed E-state index contributed by atoms with van der Waals surface area (Å²) in [5.74, 6) is -1.11. The summed E-state index contributed by atoms with van der Waals surface area (Å²) in [4.78, 5) is 34.2. The largest absolute Gasteiger partial charge is 0.487 e. The number of carbonyl (C=O) groups excluding carboxylic acids is 1. The van der Waals surface area contributed by atoms with Gasteiger partial charge in [-0.05, 0) is 49.2 Å². The van der Waals surface area contributed by atoms with Crippen LogP contribution in [0.4, 0.5) is 4.39 Å². The van der Waals surface area contributed by atoms with Gasteiger partial charge >= 0.3 is 5.97 Å². The van der Waals surface area contributed by atoms with Crippen molar-refractivity contribution in [2.45, 2.75) is 33.0 Å². The number of halogens is 1. The molecule has 3 heterocycles. The Morgan fingerprint density at radius 2 is 2.00 bits per heavy atom. The third-order valence-electron chi connectivity index (χ3n) is 5.37. The van der Waals surface area contributed by atoms with Gasteiger partial charge in [0.05, 0.1) is 17.9 Å². The van der Waals surface area contributed by atoms with Gasteiger partial charge in [0.1, 0.15) is 18.2 Å². The molecule has 1 aliphatic rings. The molecule has 1 atom stereocenters. The van der Waals surface area contributed by atoms with Crippen LogP contribution in [0, 0.1) is 12.7 Å². The molecule has 1 N–H and O–H groups in total. The molecule has 0 spiro atoms. The minimum atomic E-state index is -1.16. The minimum Gasteiger partial charge on any atom is -0.487 e. The Bertz CT molecular complexity index is 1160. The second-order valence-corrected chi connectivity index (χ2v) is 7.39. The number of ether oxygens (including phenoxy) is 1. The van der Waals surface area contributed by atoms with Crippen LogP contribution in [0.15, 0.2) is 48.8 Å². The maximum absolute atomic E-state index is 13.0. The van der Waals surface area contributed by atoms with Gasteiger partial charge in [0.15, 0.2) is 5.69 Å². The first kappa shape index (κ1) is 20.5. The fourth-order valence-corrected chi connectivity index (χ4v) is 3.59. The summed E-state index contributed by atoms with van der Waals surface area (Å²) in [5.41, 5.74) is 3.02. The van der Waals surface area contributed by atoms with Gasteiger partial charge in [-0.25, -0.2) is 14.2 Å². The second kappa shape index (κ2) is 8.14. The van der Waals surface area contributed by atoms with Crippen molar-refractivity contribution >= 4 is 11.9 Å². The Balaban J connectivity index is 1.50. The lowest BCUT2D eigenvalue weighted by atomic mass is 10.1. The van der Waals surface area contributed by atoms with Crippen molar-refractivity contribution in [3.05, 3.63) is 88.3 Å². The summed E-state index contributed by atoms with van der Waals surface area (Å²) in [6, 6.07) is 9.10. The molecule has 0 saturated heterocycles. The fraction of sp³-hybridized carbons (Fsp3) is 0.217. The highest BCUT2D eigenvalue weighted by molar-refractivity contribution is 6.01. The molecule has 31 heavy (non-hydrogen) atoms. The molecule has 0 fully saturated rings. The number of amides is 1. The van der Waals surface area contributed by atoms with E-state index in [4.69, 9.17) is 4.74 Å². The van der Waals surface area contributed by atoms with E-state index >= 15 is 0 Å². The van der Waals surface area contributed by atoms with Crippen LogP contribution < -0.4 is 4.74 Å². The molecule has 8 heteroatoms. The van der Waals surface area contributed by atoms with Crippen LogP contribution in [0.5, 0.6) is 5.75 Å². The SMILES string of the molecule is Cc1cc(C(C)N2Cc3c(ccnc3C(=O)O)C2=O)ncc1OCc1ccc(F)cc1. The van der Waals surface area contributed by atoms with Crippen molar-refractivity contribution in [1.29, 1.82) is 0 Å². The summed E-state index contributed by atoms with van der Waals surface area (Å²) in [6.07, 6.45) is 2.94. The number of pyridine rings is 2. The first-order chi connectivity index (χ1) is 14.8. The van der Waals surface area contributed by atoms with E-state index in [2.05, 4.69) is 9.97 Å². The smallest absolute Gasteiger partial charge is 0.354 e. The van der Waals surface area contributed by atoms with Crippen LogP contribution in [0.1, 0.15) is 56.2 Å².